The SMILES string of the molecule is O=C(Cc1csc(-c2ccccc2Cl)n1)Nc1cccc(NC(=O)NCc2ccncc2)c1. The maximum atomic E-state index is 12.5. The maximum Gasteiger partial charge on any atom is 0.319 e. The number of nitrogens with zero attached hydrogens (tertiary/aromatic N) is 2. The van der Waals surface area contributed by atoms with Crippen LogP contribution in [0, 0.1) is 0 Å². The van der Waals surface area contributed by atoms with Crippen molar-refractivity contribution in [1.82, 2.24) is 15.3 Å². The topological polar surface area (TPSA) is 96.0 Å². The van der Waals surface area contributed by atoms with E-state index >= 15 is 0 Å². The number of anilines is 2. The number of carbonyl (C=O) groups excluding carboxylic acids is 2. The van der Waals surface area contributed by atoms with Gasteiger partial charge < -0.3 is 16.0 Å². The van der Waals surface area contributed by atoms with Gasteiger partial charge in [-0.1, -0.05) is 35.9 Å². The molecule has 2 aromatic carbocycles. The van der Waals surface area contributed by atoms with E-state index in [-0.39, 0.29) is 18.4 Å². The van der Waals surface area contributed by atoms with Crippen LogP contribution in [0.5, 0.6) is 0 Å². The highest BCUT2D eigenvalue weighted by Crippen LogP contribution is 2.30. The smallest absolute Gasteiger partial charge is 0.319 e. The molecule has 0 bridgehead atoms. The lowest BCUT2D eigenvalue weighted by Crippen LogP contribution is -2.28. The lowest BCUT2D eigenvalue weighted by atomic mass is 10.2. The molecule has 0 fully saturated rings. The molecule has 0 radical (unpaired) electrons. The number of halogens is 1. The van der Waals surface area contributed by atoms with Crippen LogP contribution in [0.25, 0.3) is 10.6 Å². The molecular weight excluding hydrogens is 458 g/mol. The van der Waals surface area contributed by atoms with Crippen molar-refractivity contribution in [3.63, 3.8) is 0 Å². The number of pyridine rings is 1. The number of thiazole rings is 1. The van der Waals surface area contributed by atoms with Gasteiger partial charge in [-0.15, -0.1) is 11.3 Å². The van der Waals surface area contributed by atoms with Gasteiger partial charge in [-0.05, 0) is 42.0 Å². The molecular formula is C24H20ClN5O2S. The van der Waals surface area contributed by atoms with Crippen LogP contribution in [0.4, 0.5) is 16.2 Å². The summed E-state index contributed by atoms with van der Waals surface area (Å²) in [5, 5.41) is 11.6. The fourth-order valence-electron chi connectivity index (χ4n) is 3.05. The number of hydrogen-bond donors (Lipinski definition) is 3. The second kappa shape index (κ2) is 10.7. The summed E-state index contributed by atoms with van der Waals surface area (Å²) >= 11 is 7.68. The standard InChI is InChI=1S/C24H20ClN5O2S/c25-21-7-2-1-6-20(21)23-29-19(15-33-23)13-22(31)28-17-4-3-5-18(12-17)30-24(32)27-14-16-8-10-26-11-9-16/h1-12,15H,13-14H2,(H,28,31)(H2,27,30,32). The number of aromatic nitrogens is 2. The van der Waals surface area contributed by atoms with Gasteiger partial charge >= 0.3 is 6.03 Å². The zero-order chi connectivity index (χ0) is 23.0. The molecule has 0 aliphatic heterocycles. The number of benzene rings is 2. The number of amides is 3. The number of rotatable bonds is 7. The fraction of sp³-hybridized carbons (Fsp3) is 0.0833. The first-order valence-corrected chi connectivity index (χ1v) is 11.4. The first kappa shape index (κ1) is 22.4. The summed E-state index contributed by atoms with van der Waals surface area (Å²) in [6.45, 7) is 0.384. The highest BCUT2D eigenvalue weighted by atomic mass is 35.5. The number of hydrogen-bond acceptors (Lipinski definition) is 5. The van der Waals surface area contributed by atoms with Gasteiger partial charge in [0, 0.05) is 41.3 Å². The van der Waals surface area contributed by atoms with Gasteiger partial charge in [-0.2, -0.15) is 0 Å². The molecule has 0 saturated heterocycles. The lowest BCUT2D eigenvalue weighted by molar-refractivity contribution is -0.115. The summed E-state index contributed by atoms with van der Waals surface area (Å²) in [5.41, 5.74) is 3.60. The molecule has 7 nitrogen and oxygen atoms in total. The molecule has 4 aromatic rings. The van der Waals surface area contributed by atoms with Crippen LogP contribution in [0.2, 0.25) is 5.02 Å². The van der Waals surface area contributed by atoms with Crippen molar-refractivity contribution in [3.8, 4) is 10.6 Å². The molecule has 9 heteroatoms. The number of urea groups is 1. The predicted octanol–water partition coefficient (Wildman–Crippen LogP) is 5.36. The van der Waals surface area contributed by atoms with E-state index in [0.717, 1.165) is 16.1 Å². The van der Waals surface area contributed by atoms with Crippen molar-refractivity contribution in [1.29, 1.82) is 0 Å². The Bertz CT molecular complexity index is 1260. The van der Waals surface area contributed by atoms with E-state index in [0.29, 0.717) is 28.6 Å². The lowest BCUT2D eigenvalue weighted by Gasteiger charge is -2.10. The normalized spacial score (nSPS) is 10.5. The highest BCUT2D eigenvalue weighted by Gasteiger charge is 2.12. The van der Waals surface area contributed by atoms with E-state index in [1.54, 1.807) is 36.7 Å². The third kappa shape index (κ3) is 6.38. The zero-order valence-electron chi connectivity index (χ0n) is 17.4. The summed E-state index contributed by atoms with van der Waals surface area (Å²) in [5.74, 6) is -0.203. The summed E-state index contributed by atoms with van der Waals surface area (Å²) in [6, 6.07) is 17.7. The van der Waals surface area contributed by atoms with Crippen LogP contribution in [0.3, 0.4) is 0 Å². The average Bonchev–Trinajstić information content (AvgIpc) is 3.27. The van der Waals surface area contributed by atoms with Gasteiger partial charge in [0.15, 0.2) is 0 Å². The Labute approximate surface area is 199 Å². The van der Waals surface area contributed by atoms with Crippen LogP contribution in [0.15, 0.2) is 78.4 Å². The van der Waals surface area contributed by atoms with E-state index in [9.17, 15) is 9.59 Å². The van der Waals surface area contributed by atoms with Crippen LogP contribution in [0.1, 0.15) is 11.3 Å². The third-order valence-corrected chi connectivity index (χ3v) is 5.86. The van der Waals surface area contributed by atoms with E-state index in [2.05, 4.69) is 25.9 Å². The number of carbonyl (C=O) groups is 2. The molecule has 33 heavy (non-hydrogen) atoms. The fourth-order valence-corrected chi connectivity index (χ4v) is 4.19. The summed E-state index contributed by atoms with van der Waals surface area (Å²) < 4.78 is 0. The van der Waals surface area contributed by atoms with Crippen molar-refractivity contribution < 1.29 is 9.59 Å². The minimum absolute atomic E-state index is 0.130. The molecule has 0 unspecified atom stereocenters. The monoisotopic (exact) mass is 477 g/mol. The molecule has 2 aromatic heterocycles. The summed E-state index contributed by atoms with van der Waals surface area (Å²) in [4.78, 5) is 33.1. The van der Waals surface area contributed by atoms with E-state index in [1.807, 2.05) is 41.8 Å². The van der Waals surface area contributed by atoms with Crippen molar-refractivity contribution in [2.24, 2.45) is 0 Å². The second-order valence-electron chi connectivity index (χ2n) is 7.09. The second-order valence-corrected chi connectivity index (χ2v) is 8.36. The molecule has 0 spiro atoms. The van der Waals surface area contributed by atoms with Crippen molar-refractivity contribution >= 4 is 46.3 Å². The van der Waals surface area contributed by atoms with Gasteiger partial charge in [-0.25, -0.2) is 9.78 Å². The Morgan fingerprint density at radius 2 is 1.70 bits per heavy atom. The Kier molecular flexibility index (Phi) is 7.29. The molecule has 166 valence electrons. The molecule has 0 atom stereocenters. The van der Waals surface area contributed by atoms with Gasteiger partial charge in [0.2, 0.25) is 5.91 Å². The van der Waals surface area contributed by atoms with Gasteiger partial charge in [0.05, 0.1) is 17.1 Å². The number of nitrogens with one attached hydrogen (secondary N) is 3. The first-order chi connectivity index (χ1) is 16.1. The summed E-state index contributed by atoms with van der Waals surface area (Å²) in [7, 11) is 0. The van der Waals surface area contributed by atoms with E-state index in [4.69, 9.17) is 11.6 Å². The van der Waals surface area contributed by atoms with Crippen LogP contribution < -0.4 is 16.0 Å². The van der Waals surface area contributed by atoms with E-state index in [1.165, 1.54) is 11.3 Å². The summed E-state index contributed by atoms with van der Waals surface area (Å²) in [6.07, 6.45) is 3.47. The Balaban J connectivity index is 1.31. The van der Waals surface area contributed by atoms with Crippen LogP contribution in [-0.2, 0) is 17.8 Å². The molecule has 0 saturated carbocycles. The van der Waals surface area contributed by atoms with Crippen molar-refractivity contribution in [2.75, 3.05) is 10.6 Å². The van der Waals surface area contributed by atoms with Crippen molar-refractivity contribution in [3.05, 3.63) is 94.7 Å². The minimum atomic E-state index is -0.343. The predicted molar refractivity (Wildman–Crippen MR) is 131 cm³/mol. The Morgan fingerprint density at radius 1 is 0.939 bits per heavy atom. The quantitative estimate of drug-likeness (QED) is 0.334. The van der Waals surface area contributed by atoms with Crippen molar-refractivity contribution in [2.45, 2.75) is 13.0 Å². The van der Waals surface area contributed by atoms with Crippen LogP contribution in [-0.4, -0.2) is 21.9 Å². The zero-order valence-corrected chi connectivity index (χ0v) is 19.0. The van der Waals surface area contributed by atoms with E-state index < -0.39 is 0 Å². The average molecular weight is 478 g/mol. The first-order valence-electron chi connectivity index (χ1n) is 10.1. The minimum Gasteiger partial charge on any atom is -0.334 e. The van der Waals surface area contributed by atoms with Crippen LogP contribution >= 0.6 is 22.9 Å². The molecule has 4 rings (SSSR count). The molecule has 3 amide bonds. The Hall–Kier alpha value is -3.75. The molecule has 0 aliphatic rings. The molecule has 3 N–H and O–H groups in total. The molecule has 2 heterocycles. The molecule has 0 aliphatic carbocycles. The highest BCUT2D eigenvalue weighted by molar-refractivity contribution is 7.13. The van der Waals surface area contributed by atoms with Gasteiger partial charge in [0.1, 0.15) is 5.01 Å². The van der Waals surface area contributed by atoms with Gasteiger partial charge in [-0.3, -0.25) is 9.78 Å². The Morgan fingerprint density at radius 3 is 2.48 bits per heavy atom. The maximum absolute atomic E-state index is 12.5. The van der Waals surface area contributed by atoms with Gasteiger partial charge in [0.25, 0.3) is 0 Å². The third-order valence-electron chi connectivity index (χ3n) is 4.60. The largest absolute Gasteiger partial charge is 0.334 e.